The number of nitrogens with zero attached hydrogens (tertiary/aromatic N) is 2. The van der Waals surface area contributed by atoms with Crippen LogP contribution in [-0.4, -0.2) is 14.6 Å². The number of hydrogen-bond acceptors (Lipinski definition) is 1. The highest BCUT2D eigenvalue weighted by Crippen LogP contribution is 2.44. The fourth-order valence-electron chi connectivity index (χ4n) is 2.34. The Bertz CT molecular complexity index is 315. The first-order chi connectivity index (χ1) is 6.61. The first-order valence-corrected chi connectivity index (χ1v) is 6.63. The Morgan fingerprint density at radius 1 is 1.50 bits per heavy atom. The lowest BCUT2D eigenvalue weighted by Gasteiger charge is -2.18. The van der Waals surface area contributed by atoms with Crippen molar-refractivity contribution >= 4 is 31.9 Å². The Balaban J connectivity index is 2.32. The van der Waals surface area contributed by atoms with Crippen LogP contribution in [0.1, 0.15) is 31.4 Å². The molecule has 0 aromatic carbocycles. The predicted molar refractivity (Wildman–Crippen MR) is 64.8 cm³/mol. The summed E-state index contributed by atoms with van der Waals surface area (Å²) in [7, 11) is 2.02. The molecule has 2 rings (SSSR count). The molecule has 78 valence electrons. The van der Waals surface area contributed by atoms with Crippen LogP contribution in [0.3, 0.4) is 0 Å². The zero-order valence-electron chi connectivity index (χ0n) is 8.37. The van der Waals surface area contributed by atoms with E-state index in [1.54, 1.807) is 0 Å². The second-order valence-corrected chi connectivity index (χ2v) is 6.09. The van der Waals surface area contributed by atoms with Gasteiger partial charge in [0.15, 0.2) is 0 Å². The maximum Gasteiger partial charge on any atom is 0.0635 e. The van der Waals surface area contributed by atoms with Crippen molar-refractivity contribution < 1.29 is 0 Å². The molecule has 1 aliphatic carbocycles. The van der Waals surface area contributed by atoms with Gasteiger partial charge in [-0.25, -0.2) is 0 Å². The van der Waals surface area contributed by atoms with E-state index in [1.807, 2.05) is 17.9 Å². The highest BCUT2D eigenvalue weighted by atomic mass is 79.9. The zero-order valence-corrected chi connectivity index (χ0v) is 11.5. The molecule has 0 amide bonds. The summed E-state index contributed by atoms with van der Waals surface area (Å²) in [6, 6.07) is 0. The molecule has 0 saturated heterocycles. The molecule has 1 heterocycles. The minimum Gasteiger partial charge on any atom is -0.271 e. The summed E-state index contributed by atoms with van der Waals surface area (Å²) >= 11 is 7.31. The number of halogens is 2. The molecule has 1 aromatic rings. The highest BCUT2D eigenvalue weighted by molar-refractivity contribution is 9.10. The molecule has 0 N–H and O–H groups in total. The summed E-state index contributed by atoms with van der Waals surface area (Å²) < 4.78 is 3.15. The molecule has 3 atom stereocenters. The van der Waals surface area contributed by atoms with E-state index in [0.717, 1.165) is 4.47 Å². The molecule has 1 fully saturated rings. The van der Waals surface area contributed by atoms with Crippen molar-refractivity contribution in [2.75, 3.05) is 0 Å². The first kappa shape index (κ1) is 10.7. The van der Waals surface area contributed by atoms with Crippen LogP contribution in [0.2, 0.25) is 0 Å². The van der Waals surface area contributed by atoms with Gasteiger partial charge in [-0.1, -0.05) is 22.9 Å². The largest absolute Gasteiger partial charge is 0.271 e. The topological polar surface area (TPSA) is 17.8 Å². The minimum atomic E-state index is 0.640. The molecule has 0 radical (unpaired) electrons. The third kappa shape index (κ3) is 1.67. The van der Waals surface area contributed by atoms with Crippen molar-refractivity contribution in [2.45, 2.75) is 30.5 Å². The zero-order chi connectivity index (χ0) is 10.3. The average molecular weight is 322 g/mol. The standard InChI is InChI=1S/C10H14Br2N2/c1-6-7(3-4-8(6)11)10-9(12)5-13-14(10)2/h5-8H,3-4H2,1-2H3. The minimum absolute atomic E-state index is 0.640. The Morgan fingerprint density at radius 2 is 2.21 bits per heavy atom. The van der Waals surface area contributed by atoms with Crippen LogP contribution in [0.15, 0.2) is 10.7 Å². The Hall–Kier alpha value is 0.170. The summed E-state index contributed by atoms with van der Waals surface area (Å²) in [6.07, 6.45) is 4.42. The van der Waals surface area contributed by atoms with Gasteiger partial charge in [-0.2, -0.15) is 5.10 Å². The summed E-state index contributed by atoms with van der Waals surface area (Å²) in [5.41, 5.74) is 1.35. The summed E-state index contributed by atoms with van der Waals surface area (Å²) in [5, 5.41) is 4.27. The number of hydrogen-bond donors (Lipinski definition) is 0. The number of alkyl halides is 1. The molecule has 0 aliphatic heterocycles. The van der Waals surface area contributed by atoms with E-state index in [9.17, 15) is 0 Å². The van der Waals surface area contributed by atoms with E-state index in [4.69, 9.17) is 0 Å². The van der Waals surface area contributed by atoms with Crippen LogP contribution in [0.4, 0.5) is 0 Å². The van der Waals surface area contributed by atoms with E-state index in [2.05, 4.69) is 43.9 Å². The van der Waals surface area contributed by atoms with Crippen molar-refractivity contribution in [3.8, 4) is 0 Å². The smallest absolute Gasteiger partial charge is 0.0635 e. The fourth-order valence-corrected chi connectivity index (χ4v) is 3.61. The maximum atomic E-state index is 4.27. The van der Waals surface area contributed by atoms with Crippen molar-refractivity contribution in [3.63, 3.8) is 0 Å². The van der Waals surface area contributed by atoms with E-state index in [1.165, 1.54) is 18.5 Å². The molecule has 2 nitrogen and oxygen atoms in total. The van der Waals surface area contributed by atoms with Crippen LogP contribution >= 0.6 is 31.9 Å². The summed E-state index contributed by atoms with van der Waals surface area (Å²) in [6.45, 7) is 2.32. The Morgan fingerprint density at radius 3 is 2.64 bits per heavy atom. The van der Waals surface area contributed by atoms with E-state index in [-0.39, 0.29) is 0 Å². The molecular weight excluding hydrogens is 308 g/mol. The lowest BCUT2D eigenvalue weighted by atomic mass is 9.95. The highest BCUT2D eigenvalue weighted by Gasteiger charge is 2.34. The lowest BCUT2D eigenvalue weighted by molar-refractivity contribution is 0.505. The molecule has 1 aromatic heterocycles. The summed E-state index contributed by atoms with van der Waals surface area (Å²) in [5.74, 6) is 1.34. The van der Waals surface area contributed by atoms with Crippen LogP contribution in [-0.2, 0) is 7.05 Å². The number of rotatable bonds is 1. The van der Waals surface area contributed by atoms with E-state index >= 15 is 0 Å². The maximum absolute atomic E-state index is 4.27. The summed E-state index contributed by atoms with van der Waals surface area (Å²) in [4.78, 5) is 0.661. The molecule has 4 heteroatoms. The molecule has 0 spiro atoms. The van der Waals surface area contributed by atoms with Gasteiger partial charge in [-0.05, 0) is 34.7 Å². The van der Waals surface area contributed by atoms with Gasteiger partial charge in [-0.15, -0.1) is 0 Å². The average Bonchev–Trinajstić information content (AvgIpc) is 2.62. The van der Waals surface area contributed by atoms with Gasteiger partial charge >= 0.3 is 0 Å². The van der Waals surface area contributed by atoms with Gasteiger partial charge < -0.3 is 0 Å². The van der Waals surface area contributed by atoms with Gasteiger partial charge in [0, 0.05) is 17.8 Å². The third-order valence-corrected chi connectivity index (χ3v) is 5.15. The van der Waals surface area contributed by atoms with Crippen LogP contribution in [0, 0.1) is 5.92 Å². The van der Waals surface area contributed by atoms with E-state index < -0.39 is 0 Å². The predicted octanol–water partition coefficient (Wildman–Crippen LogP) is 3.46. The third-order valence-electron chi connectivity index (χ3n) is 3.25. The normalized spacial score (nSPS) is 32.4. The molecule has 14 heavy (non-hydrogen) atoms. The van der Waals surface area contributed by atoms with Crippen molar-refractivity contribution in [1.82, 2.24) is 9.78 Å². The first-order valence-electron chi connectivity index (χ1n) is 4.92. The Kier molecular flexibility index (Phi) is 3.03. The van der Waals surface area contributed by atoms with Gasteiger partial charge in [0.25, 0.3) is 0 Å². The molecule has 0 bridgehead atoms. The SMILES string of the molecule is CC1C(Br)CCC1c1c(Br)cnn1C. The molecule has 3 unspecified atom stereocenters. The second-order valence-electron chi connectivity index (χ2n) is 4.06. The van der Waals surface area contributed by atoms with Gasteiger partial charge in [0.05, 0.1) is 16.4 Å². The van der Waals surface area contributed by atoms with Crippen LogP contribution in [0.25, 0.3) is 0 Å². The van der Waals surface area contributed by atoms with Crippen LogP contribution in [0.5, 0.6) is 0 Å². The van der Waals surface area contributed by atoms with Gasteiger partial charge in [0.1, 0.15) is 0 Å². The van der Waals surface area contributed by atoms with Crippen LogP contribution < -0.4 is 0 Å². The molecular formula is C10H14Br2N2. The number of aryl methyl sites for hydroxylation is 1. The van der Waals surface area contributed by atoms with Gasteiger partial charge in [0.2, 0.25) is 0 Å². The lowest BCUT2D eigenvalue weighted by Crippen LogP contribution is -2.13. The second kappa shape index (κ2) is 3.97. The van der Waals surface area contributed by atoms with Gasteiger partial charge in [-0.3, -0.25) is 4.68 Å². The van der Waals surface area contributed by atoms with Crippen molar-refractivity contribution in [2.24, 2.45) is 13.0 Å². The van der Waals surface area contributed by atoms with Crippen molar-refractivity contribution in [3.05, 3.63) is 16.4 Å². The number of aromatic nitrogens is 2. The van der Waals surface area contributed by atoms with Crippen molar-refractivity contribution in [1.29, 1.82) is 0 Å². The fraction of sp³-hybridized carbons (Fsp3) is 0.700. The quantitative estimate of drug-likeness (QED) is 0.724. The molecule has 1 saturated carbocycles. The monoisotopic (exact) mass is 320 g/mol. The molecule has 1 aliphatic rings. The van der Waals surface area contributed by atoms with E-state index in [0.29, 0.717) is 16.7 Å². The Labute approximate surface area is 101 Å².